The first-order chi connectivity index (χ1) is 5.43. The number of hydrogen-bond donors (Lipinski definition) is 2. The molecule has 1 heterocycles. The lowest BCUT2D eigenvalue weighted by atomic mass is 10.5. The molecule has 0 atom stereocenters. The van der Waals surface area contributed by atoms with Crippen molar-refractivity contribution in [3.63, 3.8) is 0 Å². The minimum Gasteiger partial charge on any atom is -0.316 e. The van der Waals surface area contributed by atoms with Crippen LogP contribution in [0.5, 0.6) is 0 Å². The van der Waals surface area contributed by atoms with Gasteiger partial charge in [-0.1, -0.05) is 6.92 Å². The number of likely N-dealkylation sites (N-methyl/N-ethyl adjacent to an activating group) is 1. The normalized spacial score (nSPS) is 17.2. The summed E-state index contributed by atoms with van der Waals surface area (Å²) in [5.41, 5.74) is 0. The van der Waals surface area contributed by atoms with Crippen molar-refractivity contribution in [1.82, 2.24) is 15.5 Å². The molecule has 3 heteroatoms. The summed E-state index contributed by atoms with van der Waals surface area (Å²) < 4.78 is 0. The molecule has 1 aliphatic rings. The number of nitrogens with zero attached hydrogens (tertiary/aromatic N) is 1. The molecule has 1 fully saturated rings. The highest BCUT2D eigenvalue weighted by atomic mass is 15.3. The molecule has 11 heavy (non-hydrogen) atoms. The van der Waals surface area contributed by atoms with Crippen molar-refractivity contribution in [3.05, 3.63) is 0 Å². The molecular formula is C8H19N3. The van der Waals surface area contributed by atoms with E-state index in [1.807, 2.05) is 0 Å². The third-order valence-corrected chi connectivity index (χ3v) is 1.87. The Balaban J connectivity index is 1.66. The maximum Gasteiger partial charge on any atom is 0.0110 e. The molecule has 0 aliphatic carbocycles. The molecule has 1 saturated heterocycles. The highest BCUT2D eigenvalue weighted by Crippen LogP contribution is 1.99. The second kappa shape index (κ2) is 5.52. The van der Waals surface area contributed by atoms with Gasteiger partial charge in [0.2, 0.25) is 0 Å². The molecule has 0 radical (unpaired) electrons. The summed E-state index contributed by atoms with van der Waals surface area (Å²) in [6.45, 7) is 10.4. The average Bonchev–Trinajstić information content (AvgIpc) is 2.80. The van der Waals surface area contributed by atoms with Gasteiger partial charge in [0.25, 0.3) is 0 Å². The zero-order valence-electron chi connectivity index (χ0n) is 7.40. The van der Waals surface area contributed by atoms with Crippen molar-refractivity contribution in [2.45, 2.75) is 6.92 Å². The Morgan fingerprint density at radius 2 is 1.82 bits per heavy atom. The molecule has 66 valence electrons. The Morgan fingerprint density at radius 1 is 1.09 bits per heavy atom. The van der Waals surface area contributed by atoms with Crippen LogP contribution in [0.25, 0.3) is 0 Å². The molecule has 0 aromatic carbocycles. The molecular weight excluding hydrogens is 138 g/mol. The molecule has 0 unspecified atom stereocenters. The molecule has 2 N–H and O–H groups in total. The summed E-state index contributed by atoms with van der Waals surface area (Å²) >= 11 is 0. The van der Waals surface area contributed by atoms with Crippen LogP contribution in [0.15, 0.2) is 0 Å². The molecule has 0 amide bonds. The summed E-state index contributed by atoms with van der Waals surface area (Å²) in [6.07, 6.45) is 0. The highest BCUT2D eigenvalue weighted by molar-refractivity contribution is 4.72. The van der Waals surface area contributed by atoms with Crippen LogP contribution in [0.1, 0.15) is 6.92 Å². The Hall–Kier alpha value is -0.120. The van der Waals surface area contributed by atoms with Crippen LogP contribution in [0.2, 0.25) is 0 Å². The van der Waals surface area contributed by atoms with Crippen LogP contribution in [0, 0.1) is 0 Å². The van der Waals surface area contributed by atoms with Gasteiger partial charge in [0.1, 0.15) is 0 Å². The first kappa shape index (κ1) is 8.97. The maximum atomic E-state index is 3.39. The summed E-state index contributed by atoms with van der Waals surface area (Å²) in [6, 6.07) is 0. The van der Waals surface area contributed by atoms with Crippen LogP contribution in [-0.2, 0) is 0 Å². The molecule has 1 rings (SSSR count). The fourth-order valence-electron chi connectivity index (χ4n) is 1.01. The molecule has 0 saturated carbocycles. The van der Waals surface area contributed by atoms with Gasteiger partial charge in [-0.3, -0.25) is 4.90 Å². The van der Waals surface area contributed by atoms with Gasteiger partial charge < -0.3 is 10.6 Å². The van der Waals surface area contributed by atoms with E-state index in [-0.39, 0.29) is 0 Å². The van der Waals surface area contributed by atoms with E-state index in [9.17, 15) is 0 Å². The Bertz CT molecular complexity index is 91.3. The second-order valence-electron chi connectivity index (χ2n) is 2.95. The topological polar surface area (TPSA) is 27.1 Å². The van der Waals surface area contributed by atoms with Crippen molar-refractivity contribution in [1.29, 1.82) is 0 Å². The summed E-state index contributed by atoms with van der Waals surface area (Å²) in [4.78, 5) is 2.43. The van der Waals surface area contributed by atoms with E-state index >= 15 is 0 Å². The Kier molecular flexibility index (Phi) is 4.50. The molecule has 1 aliphatic heterocycles. The largest absolute Gasteiger partial charge is 0.316 e. The lowest BCUT2D eigenvalue weighted by Gasteiger charge is -2.04. The van der Waals surface area contributed by atoms with Crippen molar-refractivity contribution in [2.75, 3.05) is 45.8 Å². The number of hydrogen-bond acceptors (Lipinski definition) is 3. The van der Waals surface area contributed by atoms with E-state index in [1.165, 1.54) is 19.6 Å². The van der Waals surface area contributed by atoms with Crippen LogP contribution in [-0.4, -0.2) is 50.7 Å². The van der Waals surface area contributed by atoms with Gasteiger partial charge in [0, 0.05) is 39.3 Å². The van der Waals surface area contributed by atoms with Gasteiger partial charge >= 0.3 is 0 Å². The molecule has 3 nitrogen and oxygen atoms in total. The van der Waals surface area contributed by atoms with E-state index in [2.05, 4.69) is 22.5 Å². The molecule has 0 spiro atoms. The predicted octanol–water partition coefficient (Wildman–Crippen LogP) is -0.499. The predicted molar refractivity (Wildman–Crippen MR) is 47.9 cm³/mol. The lowest BCUT2D eigenvalue weighted by molar-refractivity contribution is 0.516. The minimum atomic E-state index is 1.08. The lowest BCUT2D eigenvalue weighted by Crippen LogP contribution is -2.30. The molecule has 0 bridgehead atoms. The quantitative estimate of drug-likeness (QED) is 0.385. The fourth-order valence-corrected chi connectivity index (χ4v) is 1.01. The van der Waals surface area contributed by atoms with Crippen LogP contribution >= 0.6 is 0 Å². The number of rotatable bonds is 7. The minimum absolute atomic E-state index is 1.08. The Labute approximate surface area is 69.1 Å². The van der Waals surface area contributed by atoms with E-state index in [0.717, 1.165) is 26.2 Å². The average molecular weight is 157 g/mol. The monoisotopic (exact) mass is 157 g/mol. The highest BCUT2D eigenvalue weighted by Gasteiger charge is 2.14. The SMILES string of the molecule is CCNCCNCCN1CC1. The van der Waals surface area contributed by atoms with Crippen LogP contribution in [0.3, 0.4) is 0 Å². The van der Waals surface area contributed by atoms with Crippen molar-refractivity contribution in [2.24, 2.45) is 0 Å². The van der Waals surface area contributed by atoms with Crippen molar-refractivity contribution >= 4 is 0 Å². The summed E-state index contributed by atoms with van der Waals surface area (Å²) in [5, 5.41) is 6.66. The smallest absolute Gasteiger partial charge is 0.0110 e. The van der Waals surface area contributed by atoms with Crippen LogP contribution in [0.4, 0.5) is 0 Å². The first-order valence-electron chi connectivity index (χ1n) is 4.57. The van der Waals surface area contributed by atoms with E-state index in [4.69, 9.17) is 0 Å². The van der Waals surface area contributed by atoms with E-state index < -0.39 is 0 Å². The Morgan fingerprint density at radius 3 is 2.45 bits per heavy atom. The third-order valence-electron chi connectivity index (χ3n) is 1.87. The van der Waals surface area contributed by atoms with Crippen LogP contribution < -0.4 is 10.6 Å². The maximum absolute atomic E-state index is 3.39. The van der Waals surface area contributed by atoms with E-state index in [0.29, 0.717) is 0 Å². The van der Waals surface area contributed by atoms with Gasteiger partial charge in [0.15, 0.2) is 0 Å². The van der Waals surface area contributed by atoms with Crippen molar-refractivity contribution < 1.29 is 0 Å². The standard InChI is InChI=1S/C8H19N3/c1-2-9-3-4-10-5-6-11-7-8-11/h9-10H,2-8H2,1H3. The van der Waals surface area contributed by atoms with Gasteiger partial charge in [-0.25, -0.2) is 0 Å². The van der Waals surface area contributed by atoms with Gasteiger partial charge in [-0.2, -0.15) is 0 Å². The third kappa shape index (κ3) is 5.18. The second-order valence-corrected chi connectivity index (χ2v) is 2.95. The van der Waals surface area contributed by atoms with Crippen molar-refractivity contribution in [3.8, 4) is 0 Å². The zero-order chi connectivity index (χ0) is 7.94. The number of nitrogens with one attached hydrogen (secondary N) is 2. The fraction of sp³-hybridized carbons (Fsp3) is 1.00. The molecule has 0 aromatic rings. The van der Waals surface area contributed by atoms with Gasteiger partial charge in [-0.05, 0) is 6.54 Å². The molecule has 0 aromatic heterocycles. The summed E-state index contributed by atoms with van der Waals surface area (Å²) in [5.74, 6) is 0. The summed E-state index contributed by atoms with van der Waals surface area (Å²) in [7, 11) is 0. The zero-order valence-corrected chi connectivity index (χ0v) is 7.40. The van der Waals surface area contributed by atoms with Gasteiger partial charge in [0.05, 0.1) is 0 Å². The van der Waals surface area contributed by atoms with E-state index in [1.54, 1.807) is 0 Å². The van der Waals surface area contributed by atoms with Gasteiger partial charge in [-0.15, -0.1) is 0 Å². The first-order valence-corrected chi connectivity index (χ1v) is 4.57.